The Kier molecular flexibility index (Phi) is 2.78. The van der Waals surface area contributed by atoms with Gasteiger partial charge in [-0.2, -0.15) is 0 Å². The molecule has 0 N–H and O–H groups in total. The van der Waals surface area contributed by atoms with Crippen LogP contribution in [0.3, 0.4) is 0 Å². The van der Waals surface area contributed by atoms with E-state index in [1.807, 2.05) is 19.1 Å². The second-order valence-electron chi connectivity index (χ2n) is 6.18. The van der Waals surface area contributed by atoms with Crippen molar-refractivity contribution in [3.63, 3.8) is 0 Å². The van der Waals surface area contributed by atoms with E-state index in [0.29, 0.717) is 11.3 Å². The molecule has 2 amide bonds. The number of anilines is 1. The van der Waals surface area contributed by atoms with Gasteiger partial charge in [0.1, 0.15) is 0 Å². The number of carbonyl (C=O) groups is 3. The average Bonchev–Trinajstić information content (AvgIpc) is 3.16. The van der Waals surface area contributed by atoms with Gasteiger partial charge in [-0.05, 0) is 31.2 Å². The number of imide groups is 1. The minimum Gasteiger partial charge on any atom is -0.465 e. The summed E-state index contributed by atoms with van der Waals surface area (Å²) in [6.07, 6.45) is 3.39. The molecule has 6 nitrogen and oxygen atoms in total. The summed E-state index contributed by atoms with van der Waals surface area (Å²) < 4.78 is 10.4. The fraction of sp³-hybridized carbons (Fsp3) is 0.353. The molecule has 0 aliphatic carbocycles. The van der Waals surface area contributed by atoms with E-state index in [9.17, 15) is 14.4 Å². The third-order valence-electron chi connectivity index (χ3n) is 4.88. The number of methoxy groups -OCH3 is 1. The van der Waals surface area contributed by atoms with E-state index in [1.165, 1.54) is 12.0 Å². The van der Waals surface area contributed by atoms with E-state index in [2.05, 4.69) is 4.74 Å². The summed E-state index contributed by atoms with van der Waals surface area (Å²) >= 11 is 0. The number of rotatable bonds is 2. The van der Waals surface area contributed by atoms with Crippen LogP contribution in [-0.4, -0.2) is 36.6 Å². The van der Waals surface area contributed by atoms with E-state index >= 15 is 0 Å². The van der Waals surface area contributed by atoms with Gasteiger partial charge >= 0.3 is 5.97 Å². The van der Waals surface area contributed by atoms with Gasteiger partial charge in [-0.1, -0.05) is 12.2 Å². The lowest BCUT2D eigenvalue weighted by Gasteiger charge is -2.24. The van der Waals surface area contributed by atoms with Crippen LogP contribution < -0.4 is 4.90 Å². The summed E-state index contributed by atoms with van der Waals surface area (Å²) in [5, 5.41) is 0. The van der Waals surface area contributed by atoms with Crippen molar-refractivity contribution < 1.29 is 23.9 Å². The van der Waals surface area contributed by atoms with Crippen LogP contribution in [0.4, 0.5) is 5.69 Å². The summed E-state index contributed by atoms with van der Waals surface area (Å²) in [4.78, 5) is 38.2. The molecule has 2 fully saturated rings. The first-order chi connectivity index (χ1) is 11.0. The number of nitrogens with zero attached hydrogens (tertiary/aromatic N) is 1. The van der Waals surface area contributed by atoms with E-state index in [4.69, 9.17) is 4.74 Å². The Labute approximate surface area is 132 Å². The van der Waals surface area contributed by atoms with Crippen LogP contribution in [0.5, 0.6) is 0 Å². The summed E-state index contributed by atoms with van der Waals surface area (Å²) in [7, 11) is 1.30. The Morgan fingerprint density at radius 1 is 1.22 bits per heavy atom. The highest BCUT2D eigenvalue weighted by molar-refractivity contribution is 6.23. The maximum Gasteiger partial charge on any atom is 0.337 e. The van der Waals surface area contributed by atoms with Crippen LogP contribution in [0.2, 0.25) is 0 Å². The molecular formula is C17H15NO5. The Morgan fingerprint density at radius 2 is 1.91 bits per heavy atom. The van der Waals surface area contributed by atoms with Crippen molar-refractivity contribution in [2.24, 2.45) is 11.8 Å². The number of benzene rings is 1. The molecule has 118 valence electrons. The molecule has 4 rings (SSSR count). The van der Waals surface area contributed by atoms with Crippen molar-refractivity contribution in [2.45, 2.75) is 18.6 Å². The summed E-state index contributed by atoms with van der Waals surface area (Å²) in [5.74, 6) is -1.90. The lowest BCUT2D eigenvalue weighted by atomic mass is 9.78. The number of amides is 2. The largest absolute Gasteiger partial charge is 0.465 e. The maximum absolute atomic E-state index is 12.8. The molecule has 2 bridgehead atoms. The van der Waals surface area contributed by atoms with Gasteiger partial charge < -0.3 is 9.47 Å². The monoisotopic (exact) mass is 313 g/mol. The molecule has 0 unspecified atom stereocenters. The molecule has 23 heavy (non-hydrogen) atoms. The highest BCUT2D eigenvalue weighted by atomic mass is 16.5. The van der Waals surface area contributed by atoms with E-state index in [0.717, 1.165) is 0 Å². The zero-order valence-electron chi connectivity index (χ0n) is 12.7. The minimum atomic E-state index is -0.706. The van der Waals surface area contributed by atoms with Crippen molar-refractivity contribution >= 4 is 23.5 Å². The molecule has 1 aromatic rings. The van der Waals surface area contributed by atoms with Crippen molar-refractivity contribution in [1.29, 1.82) is 0 Å². The molecule has 3 aliphatic heterocycles. The van der Waals surface area contributed by atoms with Crippen LogP contribution >= 0.6 is 0 Å². The van der Waals surface area contributed by atoms with Crippen molar-refractivity contribution in [3.05, 3.63) is 42.0 Å². The Balaban J connectivity index is 1.68. The lowest BCUT2D eigenvalue weighted by Crippen LogP contribution is -2.38. The molecule has 0 saturated carbocycles. The van der Waals surface area contributed by atoms with Gasteiger partial charge in [0.15, 0.2) is 0 Å². The van der Waals surface area contributed by atoms with Crippen molar-refractivity contribution in [3.8, 4) is 0 Å². The van der Waals surface area contributed by atoms with Crippen LogP contribution in [0, 0.1) is 11.8 Å². The summed E-state index contributed by atoms with van der Waals surface area (Å²) in [5.41, 5.74) is 0.126. The topological polar surface area (TPSA) is 72.9 Å². The third-order valence-corrected chi connectivity index (χ3v) is 4.88. The number of hydrogen-bond acceptors (Lipinski definition) is 5. The predicted octanol–water partition coefficient (Wildman–Crippen LogP) is 1.31. The molecular weight excluding hydrogens is 298 g/mol. The van der Waals surface area contributed by atoms with Crippen molar-refractivity contribution in [1.82, 2.24) is 0 Å². The van der Waals surface area contributed by atoms with E-state index in [-0.39, 0.29) is 17.9 Å². The number of fused-ring (bicyclic) bond motifs is 5. The number of ether oxygens (including phenoxy) is 2. The van der Waals surface area contributed by atoms with Gasteiger partial charge in [-0.25, -0.2) is 9.69 Å². The molecule has 4 atom stereocenters. The first kappa shape index (κ1) is 14.1. The highest BCUT2D eigenvalue weighted by Gasteiger charge is 2.65. The normalized spacial score (nSPS) is 34.2. The highest BCUT2D eigenvalue weighted by Crippen LogP contribution is 2.52. The molecule has 0 radical (unpaired) electrons. The van der Waals surface area contributed by atoms with Crippen LogP contribution in [0.15, 0.2) is 36.4 Å². The quantitative estimate of drug-likeness (QED) is 0.467. The van der Waals surface area contributed by atoms with Gasteiger partial charge in [0, 0.05) is 0 Å². The van der Waals surface area contributed by atoms with Crippen LogP contribution in [0.25, 0.3) is 0 Å². The molecule has 2 saturated heterocycles. The summed E-state index contributed by atoms with van der Waals surface area (Å²) in [6.45, 7) is 1.84. The number of carbonyl (C=O) groups excluding carboxylic acids is 3. The molecule has 3 heterocycles. The molecule has 0 spiro atoms. The first-order valence-corrected chi connectivity index (χ1v) is 7.39. The maximum atomic E-state index is 12.8. The summed E-state index contributed by atoms with van der Waals surface area (Å²) in [6, 6.07) is 6.26. The van der Waals surface area contributed by atoms with Gasteiger partial charge in [0.05, 0.1) is 41.9 Å². The van der Waals surface area contributed by atoms with Crippen molar-refractivity contribution in [2.75, 3.05) is 12.0 Å². The molecule has 1 aromatic carbocycles. The third kappa shape index (κ3) is 1.75. The molecule has 3 aliphatic rings. The molecule has 6 heteroatoms. The fourth-order valence-corrected chi connectivity index (χ4v) is 3.77. The minimum absolute atomic E-state index is 0.246. The Hall–Kier alpha value is -2.47. The predicted molar refractivity (Wildman–Crippen MR) is 79.7 cm³/mol. The number of esters is 1. The fourth-order valence-electron chi connectivity index (χ4n) is 3.77. The zero-order chi connectivity index (χ0) is 16.4. The van der Waals surface area contributed by atoms with Crippen LogP contribution in [0.1, 0.15) is 17.3 Å². The Bertz CT molecular complexity index is 753. The SMILES string of the molecule is COC(=O)c1ccc(N2C(=O)[C@@H]3[C@@H]4C=C[C@](C)(O4)[C@H]3C2=O)cc1. The average molecular weight is 313 g/mol. The zero-order valence-corrected chi connectivity index (χ0v) is 12.7. The molecule has 0 aromatic heterocycles. The lowest BCUT2D eigenvalue weighted by molar-refractivity contribution is -0.126. The smallest absolute Gasteiger partial charge is 0.337 e. The Morgan fingerprint density at radius 3 is 2.52 bits per heavy atom. The van der Waals surface area contributed by atoms with E-state index < -0.39 is 23.4 Å². The number of hydrogen-bond donors (Lipinski definition) is 0. The van der Waals surface area contributed by atoms with Gasteiger partial charge in [0.2, 0.25) is 11.8 Å². The second-order valence-corrected chi connectivity index (χ2v) is 6.18. The van der Waals surface area contributed by atoms with Crippen LogP contribution in [-0.2, 0) is 19.1 Å². The van der Waals surface area contributed by atoms with Gasteiger partial charge in [0.25, 0.3) is 0 Å². The second kappa shape index (κ2) is 4.52. The van der Waals surface area contributed by atoms with E-state index in [1.54, 1.807) is 24.3 Å². The standard InChI is InChI=1S/C17H15NO5/c1-17-8-7-11(23-17)12-13(17)15(20)18(14(12)19)10-5-3-9(4-6-10)16(21)22-2/h3-8,11-13H,1-2H3/t11-,12+,13+,17-/m0/s1. The van der Waals surface area contributed by atoms with Gasteiger partial charge in [-0.3, -0.25) is 9.59 Å². The van der Waals surface area contributed by atoms with Gasteiger partial charge in [-0.15, -0.1) is 0 Å². The first-order valence-electron chi connectivity index (χ1n) is 7.39.